The molecule has 1 unspecified atom stereocenters. The fourth-order valence-corrected chi connectivity index (χ4v) is 3.19. The number of nitrogens with zero attached hydrogens (tertiary/aromatic N) is 4. The molecule has 176 valence electrons. The Balaban J connectivity index is 1.97. The fourth-order valence-electron chi connectivity index (χ4n) is 3.19. The van der Waals surface area contributed by atoms with E-state index in [-0.39, 0.29) is 12.1 Å². The van der Waals surface area contributed by atoms with Crippen LogP contribution in [0.5, 0.6) is 5.75 Å². The molecule has 0 bridgehead atoms. The second-order valence-corrected chi connectivity index (χ2v) is 7.13. The van der Waals surface area contributed by atoms with Gasteiger partial charge in [0.05, 0.1) is 45.8 Å². The van der Waals surface area contributed by atoms with E-state index in [9.17, 15) is 9.59 Å². The van der Waals surface area contributed by atoms with Crippen molar-refractivity contribution < 1.29 is 23.8 Å². The number of fused-ring (bicyclic) bond motifs is 1. The molecule has 0 radical (unpaired) electrons. The maximum absolute atomic E-state index is 11.8. The molecule has 3 rings (SSSR count). The summed E-state index contributed by atoms with van der Waals surface area (Å²) in [6.07, 6.45) is 2.27. The molecule has 0 spiro atoms. The van der Waals surface area contributed by atoms with E-state index in [0.29, 0.717) is 34.7 Å². The van der Waals surface area contributed by atoms with Gasteiger partial charge in [0.2, 0.25) is 5.95 Å². The van der Waals surface area contributed by atoms with E-state index in [0.717, 1.165) is 18.4 Å². The van der Waals surface area contributed by atoms with Crippen molar-refractivity contribution in [3.63, 3.8) is 0 Å². The summed E-state index contributed by atoms with van der Waals surface area (Å²) in [5, 5.41) is 10.2. The summed E-state index contributed by atoms with van der Waals surface area (Å²) in [4.78, 5) is 32.1. The highest BCUT2D eigenvalue weighted by molar-refractivity contribution is 5.90. The number of carbonyl (C=O) groups is 2. The molecule has 0 fully saturated rings. The van der Waals surface area contributed by atoms with Gasteiger partial charge in [-0.1, -0.05) is 19.4 Å². The molecule has 0 saturated heterocycles. The predicted octanol–water partition coefficient (Wildman–Crippen LogP) is 2.34. The number of carbonyl (C=O) groups excluding carboxylic acids is 2. The number of nitrogens with one attached hydrogen (secondary N) is 2. The fraction of sp³-hybridized carbons (Fsp3) is 0.381. The lowest BCUT2D eigenvalue weighted by Crippen LogP contribution is -2.30. The number of amides is 1. The largest absolute Gasteiger partial charge is 0.496 e. The number of benzene rings is 1. The highest BCUT2D eigenvalue weighted by Gasteiger charge is 2.17. The van der Waals surface area contributed by atoms with Crippen LogP contribution in [0.15, 0.2) is 24.4 Å². The number of methoxy groups -OCH3 is 3. The Kier molecular flexibility index (Phi) is 7.61. The van der Waals surface area contributed by atoms with Gasteiger partial charge < -0.3 is 25.3 Å². The third kappa shape index (κ3) is 5.66. The molecule has 3 aromatic rings. The van der Waals surface area contributed by atoms with Crippen molar-refractivity contribution in [3.8, 4) is 5.75 Å². The van der Waals surface area contributed by atoms with Gasteiger partial charge in [0.25, 0.3) is 0 Å². The first-order valence-electron chi connectivity index (χ1n) is 10.3. The minimum absolute atomic E-state index is 0.0557. The lowest BCUT2D eigenvalue weighted by molar-refractivity contribution is 0.0600. The van der Waals surface area contributed by atoms with Crippen LogP contribution in [-0.4, -0.2) is 59.3 Å². The normalized spacial score (nSPS) is 11.7. The van der Waals surface area contributed by atoms with E-state index < -0.39 is 12.1 Å². The lowest BCUT2D eigenvalue weighted by atomic mass is 10.1. The Bertz CT molecular complexity index is 1150. The first-order valence-corrected chi connectivity index (χ1v) is 10.3. The zero-order valence-corrected chi connectivity index (χ0v) is 18.9. The highest BCUT2D eigenvalue weighted by atomic mass is 16.5. The standard InChI is InChI=1S/C21H27N7O5/c1-5-6-16(22)24-18-17-14(23-20(25-18)26-21(30)33-4)11-28(27-17)10-13-8-7-12(19(29)32-3)9-15(13)31-2/h7-9,11,16H,5-6,10,22H2,1-4H3,(H2,23,24,25,26,30). The van der Waals surface area contributed by atoms with Crippen molar-refractivity contribution in [1.82, 2.24) is 19.7 Å². The SMILES string of the molecule is CCCC(N)Nc1nc(NC(=O)OC)nc2cn(Cc3ccc(C(=O)OC)cc3OC)nc12. The molecule has 1 atom stereocenters. The van der Waals surface area contributed by atoms with E-state index in [1.807, 2.05) is 6.92 Å². The summed E-state index contributed by atoms with van der Waals surface area (Å²) in [6.45, 7) is 2.36. The van der Waals surface area contributed by atoms with Crippen LogP contribution in [0.2, 0.25) is 0 Å². The molecule has 0 saturated carbocycles. The van der Waals surface area contributed by atoms with Gasteiger partial charge in [0.15, 0.2) is 11.3 Å². The maximum atomic E-state index is 11.8. The first kappa shape index (κ1) is 23.7. The third-order valence-electron chi connectivity index (χ3n) is 4.77. The zero-order valence-electron chi connectivity index (χ0n) is 18.9. The van der Waals surface area contributed by atoms with Gasteiger partial charge in [-0.25, -0.2) is 14.6 Å². The number of esters is 1. The maximum Gasteiger partial charge on any atom is 0.413 e. The molecular weight excluding hydrogens is 430 g/mol. The summed E-state index contributed by atoms with van der Waals surface area (Å²) in [5.41, 5.74) is 8.28. The number of rotatable bonds is 9. The number of hydrogen-bond donors (Lipinski definition) is 3. The summed E-state index contributed by atoms with van der Waals surface area (Å²) < 4.78 is 16.5. The Hall–Kier alpha value is -3.93. The summed E-state index contributed by atoms with van der Waals surface area (Å²) in [7, 11) is 4.09. The number of ether oxygens (including phenoxy) is 3. The summed E-state index contributed by atoms with van der Waals surface area (Å²) in [5.74, 6) is 0.504. The van der Waals surface area contributed by atoms with Gasteiger partial charge in [-0.15, -0.1) is 0 Å². The molecule has 1 aromatic carbocycles. The Labute approximate surface area is 190 Å². The molecule has 12 heteroatoms. The third-order valence-corrected chi connectivity index (χ3v) is 4.77. The van der Waals surface area contributed by atoms with Gasteiger partial charge in [0, 0.05) is 5.56 Å². The van der Waals surface area contributed by atoms with E-state index in [1.165, 1.54) is 21.3 Å². The average Bonchev–Trinajstić information content (AvgIpc) is 3.21. The quantitative estimate of drug-likeness (QED) is 0.322. The van der Waals surface area contributed by atoms with Crippen LogP contribution in [0.1, 0.15) is 35.7 Å². The first-order chi connectivity index (χ1) is 15.9. The van der Waals surface area contributed by atoms with Gasteiger partial charge in [-0.2, -0.15) is 10.1 Å². The van der Waals surface area contributed by atoms with Crippen LogP contribution < -0.4 is 21.1 Å². The van der Waals surface area contributed by atoms with Gasteiger partial charge in [-0.3, -0.25) is 10.00 Å². The van der Waals surface area contributed by atoms with Crippen molar-refractivity contribution in [2.45, 2.75) is 32.5 Å². The van der Waals surface area contributed by atoms with Crippen molar-refractivity contribution in [3.05, 3.63) is 35.5 Å². The Morgan fingerprint density at radius 2 is 1.97 bits per heavy atom. The number of nitrogens with two attached hydrogens (primary N) is 1. The zero-order chi connectivity index (χ0) is 24.0. The molecule has 0 aliphatic rings. The molecule has 2 heterocycles. The smallest absolute Gasteiger partial charge is 0.413 e. The molecule has 2 aromatic heterocycles. The van der Waals surface area contributed by atoms with Crippen LogP contribution in [0.3, 0.4) is 0 Å². The topological polar surface area (TPSA) is 156 Å². The second-order valence-electron chi connectivity index (χ2n) is 7.13. The van der Waals surface area contributed by atoms with Crippen LogP contribution in [0.4, 0.5) is 16.6 Å². The molecule has 1 amide bonds. The van der Waals surface area contributed by atoms with E-state index >= 15 is 0 Å². The minimum atomic E-state index is -0.694. The van der Waals surface area contributed by atoms with Crippen LogP contribution >= 0.6 is 0 Å². The average molecular weight is 457 g/mol. The monoisotopic (exact) mass is 457 g/mol. The van der Waals surface area contributed by atoms with Gasteiger partial charge in [0.1, 0.15) is 11.3 Å². The van der Waals surface area contributed by atoms with Crippen LogP contribution in [0.25, 0.3) is 11.0 Å². The van der Waals surface area contributed by atoms with Crippen molar-refractivity contribution in [2.75, 3.05) is 32.0 Å². The molecular formula is C21H27N7O5. The van der Waals surface area contributed by atoms with Crippen molar-refractivity contribution >= 4 is 34.9 Å². The van der Waals surface area contributed by atoms with Crippen molar-refractivity contribution in [2.24, 2.45) is 5.73 Å². The molecule has 33 heavy (non-hydrogen) atoms. The van der Waals surface area contributed by atoms with E-state index in [4.69, 9.17) is 15.2 Å². The molecule has 12 nitrogen and oxygen atoms in total. The van der Waals surface area contributed by atoms with Crippen LogP contribution in [0, 0.1) is 0 Å². The molecule has 0 aliphatic carbocycles. The second kappa shape index (κ2) is 10.6. The Morgan fingerprint density at radius 1 is 1.18 bits per heavy atom. The molecule has 4 N–H and O–H groups in total. The number of aromatic nitrogens is 4. The van der Waals surface area contributed by atoms with Crippen LogP contribution in [-0.2, 0) is 16.0 Å². The number of hydrogen-bond acceptors (Lipinski definition) is 10. The number of anilines is 2. The van der Waals surface area contributed by atoms with Gasteiger partial charge in [-0.05, 0) is 18.6 Å². The van der Waals surface area contributed by atoms with E-state index in [2.05, 4.69) is 30.4 Å². The summed E-state index contributed by atoms with van der Waals surface area (Å²) >= 11 is 0. The van der Waals surface area contributed by atoms with E-state index in [1.54, 1.807) is 29.1 Å². The van der Waals surface area contributed by atoms with Crippen molar-refractivity contribution in [1.29, 1.82) is 0 Å². The Morgan fingerprint density at radius 3 is 2.64 bits per heavy atom. The van der Waals surface area contributed by atoms with Gasteiger partial charge >= 0.3 is 12.1 Å². The highest BCUT2D eigenvalue weighted by Crippen LogP contribution is 2.25. The lowest BCUT2D eigenvalue weighted by Gasteiger charge is -2.14. The summed E-state index contributed by atoms with van der Waals surface area (Å²) in [6, 6.07) is 5.03. The molecule has 0 aliphatic heterocycles. The predicted molar refractivity (Wildman–Crippen MR) is 121 cm³/mol. The minimum Gasteiger partial charge on any atom is -0.496 e.